The van der Waals surface area contributed by atoms with Gasteiger partial charge in [0.1, 0.15) is 35.6 Å². The van der Waals surface area contributed by atoms with E-state index in [0.717, 1.165) is 61.1 Å². The van der Waals surface area contributed by atoms with Crippen LogP contribution in [-0.4, -0.2) is 165 Å². The predicted molar refractivity (Wildman–Crippen MR) is 297 cm³/mol. The Morgan fingerprint density at radius 2 is 1.47 bits per heavy atom. The number of benzene rings is 4. The summed E-state index contributed by atoms with van der Waals surface area (Å²) in [5.74, 6) is -3.94. The highest BCUT2D eigenvalue weighted by molar-refractivity contribution is 5.98. The standard InChI is InChI=1S/C61H72F3N9O8/c1-39-34-72(29-28-70(39)37-53(74)68-24-26-69(27-25-68)58(78)49-30-40(19-22-50(49)63)31-52-47-17-8-9-18-48(47)57(77)67-66-52)59(79)55(41-12-6-5-7-13-41)65-56(76)43-15-10-14-42(32-43)44-16-11-23-71(35-44)54(75)38-73(60(80)81-61(2,3)4)36-45-20-21-46(62)33-51(45)64/h8-10,14-15,17-22,30,32-33,39,41,44,55H,5-7,11-13,16,23-29,31,34-38H2,1-4H3,(H,65,76)(H,67,77)/t39-,44+,55+/m0/s1. The van der Waals surface area contributed by atoms with Crippen LogP contribution in [-0.2, 0) is 32.1 Å². The zero-order chi connectivity index (χ0) is 57.5. The molecular weight excluding hydrogens is 1040 g/mol. The summed E-state index contributed by atoms with van der Waals surface area (Å²) >= 11 is 0. The van der Waals surface area contributed by atoms with Crippen LogP contribution in [0.2, 0.25) is 0 Å². The van der Waals surface area contributed by atoms with Crippen LogP contribution in [0.4, 0.5) is 18.0 Å². The van der Waals surface area contributed by atoms with Crippen LogP contribution < -0.4 is 10.9 Å². The van der Waals surface area contributed by atoms with E-state index in [9.17, 15) is 42.3 Å². The monoisotopic (exact) mass is 1120 g/mol. The lowest BCUT2D eigenvalue weighted by atomic mass is 9.83. The van der Waals surface area contributed by atoms with Gasteiger partial charge in [0, 0.05) is 99.9 Å². The predicted octanol–water partition coefficient (Wildman–Crippen LogP) is 7.27. The second-order valence-electron chi connectivity index (χ2n) is 23.0. The van der Waals surface area contributed by atoms with Gasteiger partial charge in [-0.15, -0.1) is 0 Å². The molecule has 1 saturated carbocycles. The average molecular weight is 1120 g/mol. The van der Waals surface area contributed by atoms with Crippen LogP contribution in [0.3, 0.4) is 0 Å². The van der Waals surface area contributed by atoms with E-state index in [0.29, 0.717) is 66.7 Å². The molecule has 20 heteroatoms. The number of nitrogens with zero attached hydrogens (tertiary/aromatic N) is 7. The van der Waals surface area contributed by atoms with Crippen LogP contribution in [0.5, 0.6) is 0 Å². The summed E-state index contributed by atoms with van der Waals surface area (Å²) in [6.45, 7) is 9.36. The van der Waals surface area contributed by atoms with E-state index in [1.165, 1.54) is 18.2 Å². The number of hydrogen-bond donors (Lipinski definition) is 2. The smallest absolute Gasteiger partial charge is 0.411 e. The third-order valence-electron chi connectivity index (χ3n) is 16.2. The first-order chi connectivity index (χ1) is 38.8. The minimum Gasteiger partial charge on any atom is -0.444 e. The molecule has 0 spiro atoms. The molecule has 4 aromatic carbocycles. The quantitative estimate of drug-likeness (QED) is 0.115. The van der Waals surface area contributed by atoms with E-state index in [1.54, 1.807) is 76.8 Å². The Morgan fingerprint density at radius 1 is 0.741 bits per heavy atom. The van der Waals surface area contributed by atoms with Crippen LogP contribution in [0, 0.1) is 23.4 Å². The van der Waals surface area contributed by atoms with E-state index < -0.39 is 47.6 Å². The fourth-order valence-corrected chi connectivity index (χ4v) is 11.7. The van der Waals surface area contributed by atoms with Gasteiger partial charge in [0.25, 0.3) is 17.4 Å². The van der Waals surface area contributed by atoms with Gasteiger partial charge in [-0.2, -0.15) is 5.10 Å². The molecule has 5 aromatic rings. The topological polar surface area (TPSA) is 189 Å². The van der Waals surface area contributed by atoms with Crippen molar-refractivity contribution in [3.63, 3.8) is 0 Å². The van der Waals surface area contributed by atoms with Gasteiger partial charge in [-0.3, -0.25) is 38.6 Å². The molecule has 0 bridgehead atoms. The van der Waals surface area contributed by atoms with Crippen molar-refractivity contribution in [2.45, 2.75) is 109 Å². The van der Waals surface area contributed by atoms with Crippen molar-refractivity contribution >= 4 is 46.4 Å². The molecule has 3 atom stereocenters. The molecule has 430 valence electrons. The lowest BCUT2D eigenvalue weighted by Gasteiger charge is -2.43. The molecule has 1 aromatic heterocycles. The third kappa shape index (κ3) is 14.3. The van der Waals surface area contributed by atoms with Crippen molar-refractivity contribution in [3.8, 4) is 0 Å². The van der Waals surface area contributed by atoms with Gasteiger partial charge in [0.15, 0.2) is 0 Å². The Morgan fingerprint density at radius 3 is 2.20 bits per heavy atom. The van der Waals surface area contributed by atoms with E-state index in [2.05, 4.69) is 20.4 Å². The molecule has 0 radical (unpaired) electrons. The molecule has 4 fully saturated rings. The second kappa shape index (κ2) is 25.5. The molecule has 1 aliphatic carbocycles. The van der Waals surface area contributed by atoms with Gasteiger partial charge in [-0.1, -0.05) is 61.7 Å². The zero-order valence-electron chi connectivity index (χ0n) is 46.6. The highest BCUT2D eigenvalue weighted by atomic mass is 19.1. The maximum absolute atomic E-state index is 15.2. The van der Waals surface area contributed by atoms with Gasteiger partial charge in [-0.05, 0) is 107 Å². The fraction of sp³-hybridized carbons (Fsp3) is 0.475. The number of likely N-dealkylation sites (tertiary alicyclic amines) is 1. The summed E-state index contributed by atoms with van der Waals surface area (Å²) in [4.78, 5) is 106. The SMILES string of the molecule is C[C@H]1CN(C(=O)[C@H](NC(=O)c2cccc([C@@H]3CCCN(C(=O)CN(Cc4ccc(F)cc4F)C(=O)OC(C)(C)C)C3)c2)C2CCCCC2)CCN1CC(=O)N1CCN(C(=O)c2cc(Cc3n[nH]c(=O)c4ccccc34)ccc2F)CC1. The molecule has 6 amide bonds. The number of carbonyl (C=O) groups excluding carboxylic acids is 6. The van der Waals surface area contributed by atoms with Gasteiger partial charge in [0.2, 0.25) is 17.7 Å². The first kappa shape index (κ1) is 58.1. The van der Waals surface area contributed by atoms with Gasteiger partial charge >= 0.3 is 6.09 Å². The summed E-state index contributed by atoms with van der Waals surface area (Å²) in [6, 6.07) is 20.8. The number of aromatic nitrogens is 2. The number of amides is 6. The minimum absolute atomic E-state index is 0.0336. The number of fused-ring (bicyclic) bond motifs is 1. The summed E-state index contributed by atoms with van der Waals surface area (Å²) in [5, 5.41) is 11.1. The van der Waals surface area contributed by atoms with E-state index in [1.807, 2.05) is 25.1 Å². The molecule has 0 unspecified atom stereocenters. The van der Waals surface area contributed by atoms with E-state index >= 15 is 4.39 Å². The molecule has 17 nitrogen and oxygen atoms in total. The number of H-pyrrole nitrogens is 1. The average Bonchev–Trinajstić information content (AvgIpc) is 3.51. The number of rotatable bonds is 14. The fourth-order valence-electron chi connectivity index (χ4n) is 11.7. The number of piperazine rings is 2. The molecule has 3 aliphatic heterocycles. The minimum atomic E-state index is -0.893. The highest BCUT2D eigenvalue weighted by Gasteiger charge is 2.38. The van der Waals surface area contributed by atoms with Gasteiger partial charge in [0.05, 0.1) is 29.7 Å². The molecular formula is C61H72F3N9O8. The highest BCUT2D eigenvalue weighted by Crippen LogP contribution is 2.31. The summed E-state index contributed by atoms with van der Waals surface area (Å²) in [6.07, 6.45) is 5.39. The Bertz CT molecular complexity index is 3210. The lowest BCUT2D eigenvalue weighted by molar-refractivity contribution is -0.140. The van der Waals surface area contributed by atoms with Crippen molar-refractivity contribution in [2.24, 2.45) is 5.92 Å². The molecule has 81 heavy (non-hydrogen) atoms. The number of carbonyl (C=O) groups is 6. The Balaban J connectivity index is 0.779. The molecule has 3 saturated heterocycles. The first-order valence-electron chi connectivity index (χ1n) is 28.2. The summed E-state index contributed by atoms with van der Waals surface area (Å²) in [5.41, 5.74) is 1.23. The number of hydrogen-bond acceptors (Lipinski definition) is 10. The molecule has 2 N–H and O–H groups in total. The van der Waals surface area contributed by atoms with Gasteiger partial charge in [-0.25, -0.2) is 23.1 Å². The molecule has 4 aliphatic rings. The zero-order valence-corrected chi connectivity index (χ0v) is 46.6. The van der Waals surface area contributed by atoms with Crippen LogP contribution in [0.15, 0.2) is 89.7 Å². The molecule has 4 heterocycles. The lowest BCUT2D eigenvalue weighted by Crippen LogP contribution is -2.61. The Kier molecular flexibility index (Phi) is 18.2. The van der Waals surface area contributed by atoms with E-state index in [-0.39, 0.29) is 104 Å². The van der Waals surface area contributed by atoms with E-state index in [4.69, 9.17) is 4.74 Å². The maximum Gasteiger partial charge on any atom is 0.411 e. The van der Waals surface area contributed by atoms with Crippen LogP contribution >= 0.6 is 0 Å². The van der Waals surface area contributed by atoms with Crippen molar-refractivity contribution in [1.29, 1.82) is 0 Å². The number of nitrogens with one attached hydrogen (secondary N) is 2. The van der Waals surface area contributed by atoms with Gasteiger partial charge < -0.3 is 29.7 Å². The van der Waals surface area contributed by atoms with Crippen molar-refractivity contribution in [2.75, 3.05) is 72.0 Å². The maximum atomic E-state index is 15.2. The normalized spacial score (nSPS) is 18.8. The van der Waals surface area contributed by atoms with Crippen molar-refractivity contribution < 1.29 is 46.7 Å². The summed E-state index contributed by atoms with van der Waals surface area (Å²) < 4.78 is 49.3. The number of halogens is 3. The number of aromatic amines is 1. The van der Waals surface area contributed by atoms with Crippen LogP contribution in [0.25, 0.3) is 10.8 Å². The number of piperidine rings is 1. The van der Waals surface area contributed by atoms with Crippen molar-refractivity contribution in [1.82, 2.24) is 44.9 Å². The second-order valence-corrected chi connectivity index (χ2v) is 23.0. The third-order valence-corrected chi connectivity index (χ3v) is 16.2. The largest absolute Gasteiger partial charge is 0.444 e. The molecule has 9 rings (SSSR count). The number of ether oxygens (including phenoxy) is 1. The van der Waals surface area contributed by atoms with Crippen LogP contribution in [0.1, 0.15) is 122 Å². The first-order valence-corrected chi connectivity index (χ1v) is 28.2. The Labute approximate surface area is 469 Å². The van der Waals surface area contributed by atoms with Crippen molar-refractivity contribution in [3.05, 3.63) is 146 Å². The summed E-state index contributed by atoms with van der Waals surface area (Å²) in [7, 11) is 0. The Hall–Kier alpha value is -7.61.